The molecule has 2 N–H and O–H groups in total. The summed E-state index contributed by atoms with van der Waals surface area (Å²) in [5.74, 6) is -1.35. The molecule has 0 saturated heterocycles. The van der Waals surface area contributed by atoms with Crippen molar-refractivity contribution in [1.29, 1.82) is 0 Å². The highest BCUT2D eigenvalue weighted by Gasteiger charge is 2.15. The van der Waals surface area contributed by atoms with E-state index in [1.54, 1.807) is 13.8 Å². The normalized spacial score (nSPS) is 10.2. The van der Waals surface area contributed by atoms with Gasteiger partial charge in [0.05, 0.1) is 6.42 Å². The molecule has 0 aliphatic heterocycles. The quantitative estimate of drug-likeness (QED) is 0.734. The number of likely N-dealkylation sites (N-methyl/N-ethyl adjacent to an activating group) is 1. The molecule has 0 saturated carbocycles. The average Bonchev–Trinajstić information content (AvgIpc) is 2.29. The third-order valence-electron chi connectivity index (χ3n) is 2.68. The van der Waals surface area contributed by atoms with Crippen LogP contribution in [0.4, 0.5) is 0 Å². The molecule has 98 valence electrons. The summed E-state index contributed by atoms with van der Waals surface area (Å²) in [6, 6.07) is 0. The molecule has 7 heteroatoms. The van der Waals surface area contributed by atoms with E-state index in [-0.39, 0.29) is 18.9 Å². The van der Waals surface area contributed by atoms with E-state index in [0.717, 1.165) is 0 Å². The van der Waals surface area contributed by atoms with Gasteiger partial charge >= 0.3 is 11.7 Å². The molecule has 1 amide bonds. The van der Waals surface area contributed by atoms with Crippen LogP contribution in [-0.2, 0) is 22.6 Å². The molecule has 1 heterocycles. The second-order valence-corrected chi connectivity index (χ2v) is 3.87. The molecule has 0 aliphatic rings. The molecule has 0 aromatic carbocycles. The molecular formula is C11H15N3O4. The molecule has 1 aromatic rings. The number of carboxylic acid groups (broad SMARTS) is 1. The standard InChI is InChI=1S/C11H15N3O4/c1-6-8(4-10(16)17)7(2)14(11(18)13-6)5-9(15)12-3/h4-5H2,1-3H3,(H,12,15)(H,16,17). The van der Waals surface area contributed by atoms with Crippen LogP contribution >= 0.6 is 0 Å². The summed E-state index contributed by atoms with van der Waals surface area (Å²) in [6.45, 7) is 3.02. The van der Waals surface area contributed by atoms with Crippen molar-refractivity contribution < 1.29 is 14.7 Å². The minimum Gasteiger partial charge on any atom is -0.481 e. The number of hydrogen-bond acceptors (Lipinski definition) is 4. The van der Waals surface area contributed by atoms with Crippen molar-refractivity contribution in [1.82, 2.24) is 14.9 Å². The van der Waals surface area contributed by atoms with Crippen molar-refractivity contribution in [2.24, 2.45) is 0 Å². The number of aromatic nitrogens is 2. The zero-order valence-electron chi connectivity index (χ0n) is 10.5. The number of rotatable bonds is 4. The van der Waals surface area contributed by atoms with Gasteiger partial charge in [0.2, 0.25) is 5.91 Å². The van der Waals surface area contributed by atoms with Gasteiger partial charge in [0.15, 0.2) is 0 Å². The lowest BCUT2D eigenvalue weighted by Gasteiger charge is -2.13. The maximum absolute atomic E-state index is 11.7. The van der Waals surface area contributed by atoms with Gasteiger partial charge in [-0.05, 0) is 13.8 Å². The summed E-state index contributed by atoms with van der Waals surface area (Å²) in [4.78, 5) is 37.5. The fourth-order valence-electron chi connectivity index (χ4n) is 1.66. The van der Waals surface area contributed by atoms with E-state index in [2.05, 4.69) is 10.3 Å². The minimum atomic E-state index is -1.01. The van der Waals surface area contributed by atoms with Crippen molar-refractivity contribution in [3.63, 3.8) is 0 Å². The number of nitrogens with zero attached hydrogens (tertiary/aromatic N) is 2. The zero-order valence-corrected chi connectivity index (χ0v) is 10.5. The van der Waals surface area contributed by atoms with E-state index < -0.39 is 11.7 Å². The van der Waals surface area contributed by atoms with Gasteiger partial charge in [-0.2, -0.15) is 4.98 Å². The van der Waals surface area contributed by atoms with Crippen LogP contribution in [0.25, 0.3) is 0 Å². The van der Waals surface area contributed by atoms with Crippen molar-refractivity contribution in [3.8, 4) is 0 Å². The first-order valence-corrected chi connectivity index (χ1v) is 5.36. The molecule has 1 rings (SSSR count). The first-order chi connectivity index (χ1) is 8.36. The SMILES string of the molecule is CNC(=O)Cn1c(C)c(CC(=O)O)c(C)nc1=O. The predicted octanol–water partition coefficient (Wildman–Crippen LogP) is -0.767. The molecule has 0 atom stereocenters. The Morgan fingerprint density at radius 1 is 1.39 bits per heavy atom. The Balaban J connectivity index is 3.30. The maximum Gasteiger partial charge on any atom is 0.348 e. The van der Waals surface area contributed by atoms with Gasteiger partial charge in [-0.25, -0.2) is 4.79 Å². The molecule has 18 heavy (non-hydrogen) atoms. The number of nitrogens with one attached hydrogen (secondary N) is 1. The highest BCUT2D eigenvalue weighted by molar-refractivity contribution is 5.75. The third kappa shape index (κ3) is 2.93. The number of aryl methyl sites for hydroxylation is 1. The van der Waals surface area contributed by atoms with Gasteiger partial charge in [-0.15, -0.1) is 0 Å². The van der Waals surface area contributed by atoms with Gasteiger partial charge in [-0.3, -0.25) is 14.2 Å². The average molecular weight is 253 g/mol. The van der Waals surface area contributed by atoms with E-state index in [1.165, 1.54) is 11.6 Å². The lowest BCUT2D eigenvalue weighted by atomic mass is 10.1. The highest BCUT2D eigenvalue weighted by atomic mass is 16.4. The number of hydrogen-bond donors (Lipinski definition) is 2. The summed E-state index contributed by atoms with van der Waals surface area (Å²) in [6.07, 6.45) is -0.224. The molecule has 0 aliphatic carbocycles. The van der Waals surface area contributed by atoms with Gasteiger partial charge in [0.25, 0.3) is 0 Å². The summed E-state index contributed by atoms with van der Waals surface area (Å²) in [5, 5.41) is 11.2. The fraction of sp³-hybridized carbons (Fsp3) is 0.455. The second-order valence-electron chi connectivity index (χ2n) is 3.87. The van der Waals surface area contributed by atoms with E-state index in [9.17, 15) is 14.4 Å². The van der Waals surface area contributed by atoms with Crippen LogP contribution < -0.4 is 11.0 Å². The Labute approximate surface area is 103 Å². The number of carboxylic acids is 1. The third-order valence-corrected chi connectivity index (χ3v) is 2.68. The zero-order chi connectivity index (χ0) is 13.9. The molecular weight excluding hydrogens is 238 g/mol. The molecule has 0 fully saturated rings. The predicted molar refractivity (Wildman–Crippen MR) is 63.4 cm³/mol. The van der Waals surface area contributed by atoms with Gasteiger partial charge < -0.3 is 10.4 Å². The van der Waals surface area contributed by atoms with Crippen molar-refractivity contribution in [3.05, 3.63) is 27.4 Å². The van der Waals surface area contributed by atoms with Crippen LogP contribution in [0.2, 0.25) is 0 Å². The topological polar surface area (TPSA) is 101 Å². The van der Waals surface area contributed by atoms with Gasteiger partial charge in [0.1, 0.15) is 6.54 Å². The summed E-state index contributed by atoms with van der Waals surface area (Å²) in [7, 11) is 1.46. The Kier molecular flexibility index (Phi) is 4.19. The van der Waals surface area contributed by atoms with Crippen molar-refractivity contribution in [2.75, 3.05) is 7.05 Å². The van der Waals surface area contributed by atoms with Crippen LogP contribution in [0, 0.1) is 13.8 Å². The number of amides is 1. The Morgan fingerprint density at radius 2 is 2.00 bits per heavy atom. The number of carbonyl (C=O) groups is 2. The molecule has 0 spiro atoms. The highest BCUT2D eigenvalue weighted by Crippen LogP contribution is 2.10. The summed E-state index contributed by atoms with van der Waals surface area (Å²) < 4.78 is 1.17. The van der Waals surface area contributed by atoms with Crippen LogP contribution in [-0.4, -0.2) is 33.6 Å². The number of carbonyl (C=O) groups excluding carboxylic acids is 1. The lowest BCUT2D eigenvalue weighted by Crippen LogP contribution is -2.34. The fourth-order valence-corrected chi connectivity index (χ4v) is 1.66. The Morgan fingerprint density at radius 3 is 2.50 bits per heavy atom. The molecule has 0 unspecified atom stereocenters. The van der Waals surface area contributed by atoms with E-state index >= 15 is 0 Å². The maximum atomic E-state index is 11.7. The van der Waals surface area contributed by atoms with Crippen LogP contribution in [0.15, 0.2) is 4.79 Å². The van der Waals surface area contributed by atoms with Crippen molar-refractivity contribution >= 4 is 11.9 Å². The largest absolute Gasteiger partial charge is 0.481 e. The Bertz CT molecular complexity index is 548. The van der Waals surface area contributed by atoms with Crippen molar-refractivity contribution in [2.45, 2.75) is 26.8 Å². The van der Waals surface area contributed by atoms with E-state index in [0.29, 0.717) is 17.0 Å². The minimum absolute atomic E-state index is 0.166. The van der Waals surface area contributed by atoms with E-state index in [1.807, 2.05) is 0 Å². The first kappa shape index (κ1) is 13.9. The molecule has 0 radical (unpaired) electrons. The second kappa shape index (κ2) is 5.44. The molecule has 0 bridgehead atoms. The summed E-state index contributed by atoms with van der Waals surface area (Å²) >= 11 is 0. The van der Waals surface area contributed by atoms with Gasteiger partial charge in [0, 0.05) is 24.0 Å². The smallest absolute Gasteiger partial charge is 0.348 e. The van der Waals surface area contributed by atoms with Gasteiger partial charge in [-0.1, -0.05) is 0 Å². The number of aliphatic carboxylic acids is 1. The van der Waals surface area contributed by atoms with E-state index in [4.69, 9.17) is 5.11 Å². The molecule has 1 aromatic heterocycles. The lowest BCUT2D eigenvalue weighted by molar-refractivity contribution is -0.136. The molecule has 7 nitrogen and oxygen atoms in total. The Hall–Kier alpha value is -2.18. The van der Waals surface area contributed by atoms with Crippen LogP contribution in [0.3, 0.4) is 0 Å². The van der Waals surface area contributed by atoms with Crippen LogP contribution in [0.1, 0.15) is 17.0 Å². The first-order valence-electron chi connectivity index (χ1n) is 5.36. The van der Waals surface area contributed by atoms with Crippen LogP contribution in [0.5, 0.6) is 0 Å². The monoisotopic (exact) mass is 253 g/mol. The summed E-state index contributed by atoms with van der Waals surface area (Å²) in [5.41, 5.74) is 0.750.